The fraction of sp³-hybridized carbons (Fsp3) is 0.0400. The molecule has 4 N–H and O–H groups in total. The Labute approximate surface area is 173 Å². The lowest BCUT2D eigenvalue weighted by molar-refractivity contribution is 0.102. The highest BCUT2D eigenvalue weighted by molar-refractivity contribution is 6.13. The Kier molecular flexibility index (Phi) is 4.21. The van der Waals surface area contributed by atoms with Crippen LogP contribution in [0.25, 0.3) is 32.8 Å². The van der Waals surface area contributed by atoms with E-state index in [9.17, 15) is 4.79 Å². The molecule has 30 heavy (non-hydrogen) atoms. The van der Waals surface area contributed by atoms with Crippen molar-refractivity contribution >= 4 is 39.1 Å². The lowest BCUT2D eigenvalue weighted by Gasteiger charge is -2.10. The van der Waals surface area contributed by atoms with Crippen molar-refractivity contribution in [2.24, 2.45) is 0 Å². The second-order valence-electron chi connectivity index (χ2n) is 7.40. The number of carbonyl (C=O) groups excluding carboxylic acids is 1. The number of anilines is 2. The van der Waals surface area contributed by atoms with Crippen LogP contribution >= 0.6 is 0 Å². The Morgan fingerprint density at radius 2 is 1.77 bits per heavy atom. The van der Waals surface area contributed by atoms with Crippen molar-refractivity contribution in [2.75, 3.05) is 11.1 Å². The first-order valence-corrected chi connectivity index (χ1v) is 9.74. The maximum absolute atomic E-state index is 12.9. The van der Waals surface area contributed by atoms with E-state index in [-0.39, 0.29) is 5.91 Å². The molecule has 0 aliphatic carbocycles. The van der Waals surface area contributed by atoms with Crippen molar-refractivity contribution in [2.45, 2.75) is 6.92 Å². The van der Waals surface area contributed by atoms with E-state index in [1.807, 2.05) is 79.7 Å². The molecule has 0 aliphatic heterocycles. The zero-order valence-corrected chi connectivity index (χ0v) is 16.4. The minimum absolute atomic E-state index is 0.126. The Bertz CT molecular complexity index is 1400. The number of fused-ring (bicyclic) bond motifs is 2. The maximum Gasteiger partial charge on any atom is 0.256 e. The molecular weight excluding hydrogens is 372 g/mol. The van der Waals surface area contributed by atoms with Gasteiger partial charge in [0.05, 0.1) is 10.9 Å². The molecular formula is C25H20N4O. The number of H-pyrrole nitrogens is 1. The number of nitrogens with two attached hydrogens (primary N) is 1. The van der Waals surface area contributed by atoms with E-state index in [1.165, 1.54) is 0 Å². The molecule has 0 fully saturated rings. The van der Waals surface area contributed by atoms with Crippen LogP contribution in [0.4, 0.5) is 11.5 Å². The summed E-state index contributed by atoms with van der Waals surface area (Å²) in [7, 11) is 0. The average Bonchev–Trinajstić information content (AvgIpc) is 3.15. The van der Waals surface area contributed by atoms with Gasteiger partial charge in [0.25, 0.3) is 5.91 Å². The lowest BCUT2D eigenvalue weighted by atomic mass is 9.96. The second kappa shape index (κ2) is 7.04. The summed E-state index contributed by atoms with van der Waals surface area (Å²) in [5.41, 5.74) is 11.6. The van der Waals surface area contributed by atoms with Crippen molar-refractivity contribution in [1.82, 2.24) is 10.2 Å². The number of aromatic nitrogens is 2. The third-order valence-corrected chi connectivity index (χ3v) is 5.36. The maximum atomic E-state index is 12.9. The standard InChI is InChI=1S/C25H20N4O/c1-15-8-11-18(12-9-15)27-25(30)21-6-2-4-16-14-17(10-13-19(16)21)20-5-3-7-22-23(20)24(26)29-28-22/h2-14H,1H3,(H,27,30)(H3,26,28,29). The number of nitrogens with zero attached hydrogens (tertiary/aromatic N) is 1. The number of benzene rings is 4. The number of rotatable bonds is 3. The van der Waals surface area contributed by atoms with Gasteiger partial charge in [-0.2, -0.15) is 5.10 Å². The molecule has 1 amide bonds. The molecule has 0 bridgehead atoms. The summed E-state index contributed by atoms with van der Waals surface area (Å²) in [5, 5.41) is 12.9. The Morgan fingerprint density at radius 3 is 2.60 bits per heavy atom. The van der Waals surface area contributed by atoms with Crippen LogP contribution in [-0.4, -0.2) is 16.1 Å². The summed E-state index contributed by atoms with van der Waals surface area (Å²) >= 11 is 0. The molecule has 4 aromatic carbocycles. The molecule has 5 nitrogen and oxygen atoms in total. The van der Waals surface area contributed by atoms with Gasteiger partial charge >= 0.3 is 0 Å². The van der Waals surface area contributed by atoms with Crippen molar-refractivity contribution in [3.05, 3.63) is 90.0 Å². The highest BCUT2D eigenvalue weighted by Crippen LogP contribution is 2.33. The SMILES string of the molecule is Cc1ccc(NC(=O)c2cccc3cc(-c4cccc5[nH]nc(N)c45)ccc23)cc1. The number of hydrogen-bond acceptors (Lipinski definition) is 3. The van der Waals surface area contributed by atoms with Crippen LogP contribution in [0.1, 0.15) is 15.9 Å². The Morgan fingerprint density at radius 1 is 0.967 bits per heavy atom. The highest BCUT2D eigenvalue weighted by atomic mass is 16.1. The van der Waals surface area contributed by atoms with E-state index in [1.54, 1.807) is 0 Å². The van der Waals surface area contributed by atoms with E-state index in [0.29, 0.717) is 11.4 Å². The summed E-state index contributed by atoms with van der Waals surface area (Å²) in [4.78, 5) is 12.9. The molecule has 0 aliphatic rings. The predicted octanol–water partition coefficient (Wildman–Crippen LogP) is 5.53. The van der Waals surface area contributed by atoms with Crippen LogP contribution in [0.2, 0.25) is 0 Å². The summed E-state index contributed by atoms with van der Waals surface area (Å²) in [5.74, 6) is 0.352. The number of aromatic amines is 1. The monoisotopic (exact) mass is 392 g/mol. The number of carbonyl (C=O) groups is 1. The largest absolute Gasteiger partial charge is 0.382 e. The quantitative estimate of drug-likeness (QED) is 0.378. The van der Waals surface area contributed by atoms with Gasteiger partial charge in [0.1, 0.15) is 0 Å². The molecule has 0 saturated carbocycles. The van der Waals surface area contributed by atoms with Crippen molar-refractivity contribution in [1.29, 1.82) is 0 Å². The first-order valence-electron chi connectivity index (χ1n) is 9.74. The van der Waals surface area contributed by atoms with Gasteiger partial charge in [0.2, 0.25) is 0 Å². The second-order valence-corrected chi connectivity index (χ2v) is 7.40. The van der Waals surface area contributed by atoms with Crippen molar-refractivity contribution in [3.8, 4) is 11.1 Å². The van der Waals surface area contributed by atoms with Gasteiger partial charge < -0.3 is 11.1 Å². The minimum Gasteiger partial charge on any atom is -0.382 e. The van der Waals surface area contributed by atoms with Crippen LogP contribution in [0.3, 0.4) is 0 Å². The summed E-state index contributed by atoms with van der Waals surface area (Å²) in [6.45, 7) is 2.02. The number of nitrogen functional groups attached to an aromatic ring is 1. The molecule has 0 unspecified atom stereocenters. The molecule has 0 spiro atoms. The number of hydrogen-bond donors (Lipinski definition) is 3. The summed E-state index contributed by atoms with van der Waals surface area (Å²) < 4.78 is 0. The number of nitrogens with one attached hydrogen (secondary N) is 2. The van der Waals surface area contributed by atoms with E-state index in [0.717, 1.165) is 44.1 Å². The fourth-order valence-corrected chi connectivity index (χ4v) is 3.82. The lowest BCUT2D eigenvalue weighted by Crippen LogP contribution is -2.12. The minimum atomic E-state index is -0.126. The van der Waals surface area contributed by atoms with Crippen molar-refractivity contribution < 1.29 is 4.79 Å². The summed E-state index contributed by atoms with van der Waals surface area (Å²) in [6.07, 6.45) is 0. The number of aryl methyl sites for hydroxylation is 1. The van der Waals surface area contributed by atoms with Crippen LogP contribution in [-0.2, 0) is 0 Å². The van der Waals surface area contributed by atoms with E-state index in [4.69, 9.17) is 5.73 Å². The third kappa shape index (κ3) is 3.06. The van der Waals surface area contributed by atoms with E-state index >= 15 is 0 Å². The Balaban J connectivity index is 1.56. The zero-order chi connectivity index (χ0) is 20.7. The predicted molar refractivity (Wildman–Crippen MR) is 123 cm³/mol. The summed E-state index contributed by atoms with van der Waals surface area (Å²) in [6, 6.07) is 25.6. The smallest absolute Gasteiger partial charge is 0.256 e. The molecule has 5 aromatic rings. The molecule has 0 saturated heterocycles. The number of amides is 1. The third-order valence-electron chi connectivity index (χ3n) is 5.36. The van der Waals surface area contributed by atoms with Gasteiger partial charge in [-0.05, 0) is 59.2 Å². The Hall–Kier alpha value is -4.12. The van der Waals surface area contributed by atoms with E-state index in [2.05, 4.69) is 21.6 Å². The van der Waals surface area contributed by atoms with Gasteiger partial charge in [0, 0.05) is 11.3 Å². The highest BCUT2D eigenvalue weighted by Gasteiger charge is 2.13. The van der Waals surface area contributed by atoms with Crippen LogP contribution in [0, 0.1) is 6.92 Å². The molecule has 1 aromatic heterocycles. The fourth-order valence-electron chi connectivity index (χ4n) is 3.82. The van der Waals surface area contributed by atoms with Gasteiger partial charge in [-0.25, -0.2) is 0 Å². The van der Waals surface area contributed by atoms with Gasteiger partial charge in [-0.3, -0.25) is 9.89 Å². The normalized spacial score (nSPS) is 11.1. The molecule has 5 heteroatoms. The molecule has 0 atom stereocenters. The van der Waals surface area contributed by atoms with Gasteiger partial charge in [-0.15, -0.1) is 0 Å². The molecule has 0 radical (unpaired) electrons. The van der Waals surface area contributed by atoms with Crippen LogP contribution in [0.15, 0.2) is 78.9 Å². The zero-order valence-electron chi connectivity index (χ0n) is 16.4. The van der Waals surface area contributed by atoms with Crippen molar-refractivity contribution in [3.63, 3.8) is 0 Å². The van der Waals surface area contributed by atoms with Crippen LogP contribution < -0.4 is 11.1 Å². The van der Waals surface area contributed by atoms with Gasteiger partial charge in [0.15, 0.2) is 5.82 Å². The first kappa shape index (κ1) is 17.9. The van der Waals surface area contributed by atoms with Crippen LogP contribution in [0.5, 0.6) is 0 Å². The average molecular weight is 392 g/mol. The molecule has 1 heterocycles. The van der Waals surface area contributed by atoms with E-state index < -0.39 is 0 Å². The topological polar surface area (TPSA) is 83.8 Å². The molecule has 146 valence electrons. The molecule has 5 rings (SSSR count). The first-order chi connectivity index (χ1) is 14.6. The van der Waals surface area contributed by atoms with Gasteiger partial charge in [-0.1, -0.05) is 54.1 Å².